The van der Waals surface area contributed by atoms with Gasteiger partial charge in [-0.15, -0.1) is 0 Å². The maximum atomic E-state index is 14.0. The number of rotatable bonds is 5. The number of alkyl halides is 6. The number of benzene rings is 4. The number of aromatic nitrogens is 3. The van der Waals surface area contributed by atoms with Crippen LogP contribution in [0, 0.1) is 11.3 Å². The van der Waals surface area contributed by atoms with Gasteiger partial charge in [0.05, 0.1) is 63.0 Å². The monoisotopic (exact) mass is 648 g/mol. The average Bonchev–Trinajstić information content (AvgIpc) is 3.57. The second kappa shape index (κ2) is 11.3. The molecule has 0 aliphatic rings. The van der Waals surface area contributed by atoms with Crippen LogP contribution in [0.2, 0.25) is 0 Å². The number of hydrogen-bond donors (Lipinski definition) is 0. The molecule has 48 heavy (non-hydrogen) atoms. The van der Waals surface area contributed by atoms with Crippen molar-refractivity contribution in [2.24, 2.45) is 0 Å². The molecule has 10 heteroatoms. The van der Waals surface area contributed by atoms with Crippen LogP contribution in [0.3, 0.4) is 0 Å². The summed E-state index contributed by atoms with van der Waals surface area (Å²) < 4.78 is 87.5. The molecule has 4 nitrogen and oxygen atoms in total. The van der Waals surface area contributed by atoms with Crippen LogP contribution in [-0.4, -0.2) is 14.1 Å². The Kier molecular flexibility index (Phi) is 7.20. The largest absolute Gasteiger partial charge is 0.416 e. The molecule has 4 aromatic carbocycles. The first-order chi connectivity index (χ1) is 23.0. The van der Waals surface area contributed by atoms with Crippen molar-refractivity contribution in [2.45, 2.75) is 12.4 Å². The number of para-hydroxylation sites is 2. The van der Waals surface area contributed by atoms with Gasteiger partial charge in [0.15, 0.2) is 0 Å². The summed E-state index contributed by atoms with van der Waals surface area (Å²) in [6.45, 7) is 4.28. The van der Waals surface area contributed by atoms with Crippen LogP contribution in [0.1, 0.15) is 16.7 Å². The third kappa shape index (κ3) is 5.00. The maximum absolute atomic E-state index is 14.0. The van der Waals surface area contributed by atoms with Gasteiger partial charge in [-0.1, -0.05) is 73.3 Å². The van der Waals surface area contributed by atoms with E-state index in [-0.39, 0.29) is 11.0 Å². The fourth-order valence-corrected chi connectivity index (χ4v) is 6.27. The van der Waals surface area contributed by atoms with Crippen LogP contribution in [-0.2, 0) is 12.4 Å². The van der Waals surface area contributed by atoms with Crippen molar-refractivity contribution in [3.05, 3.63) is 145 Å². The molecule has 7 rings (SSSR count). The summed E-state index contributed by atoms with van der Waals surface area (Å²) in [6, 6.07) is 23.3. The molecule has 0 aliphatic carbocycles. The highest BCUT2D eigenvalue weighted by Crippen LogP contribution is 2.42. The molecular formula is C38H22F6N4. The molecule has 0 saturated heterocycles. The number of fused-ring (bicyclic) bond motifs is 6. The van der Waals surface area contributed by atoms with E-state index in [1.54, 1.807) is 57.7 Å². The van der Waals surface area contributed by atoms with Crippen molar-refractivity contribution in [1.82, 2.24) is 14.1 Å². The standard InChI is InChI=1S/C38H22F6N4/c1-23(9-3-2-8-18-45)36-34(47-30-12-6-4-10-26(30)28-16-14-24(19-32(28)47)37(39,40)41)21-46-22-35(36)48-31-13-7-5-11-27(31)29-17-15-25(20-33(29)48)38(42,43)44/h2-17,19-22H,1H2/b8-2-,9-3-. The fourth-order valence-electron chi connectivity index (χ4n) is 6.27. The van der Waals surface area contributed by atoms with Crippen LogP contribution < -0.4 is 0 Å². The lowest BCUT2D eigenvalue weighted by Gasteiger charge is -2.20. The molecule has 0 fully saturated rings. The lowest BCUT2D eigenvalue weighted by molar-refractivity contribution is -0.138. The molecular weight excluding hydrogens is 626 g/mol. The van der Waals surface area contributed by atoms with Gasteiger partial charge < -0.3 is 9.13 Å². The third-order valence-corrected chi connectivity index (χ3v) is 8.29. The molecule has 0 spiro atoms. The highest BCUT2D eigenvalue weighted by Gasteiger charge is 2.33. The molecule has 236 valence electrons. The summed E-state index contributed by atoms with van der Waals surface area (Å²) in [5.74, 6) is 0. The minimum Gasteiger partial charge on any atom is -0.307 e. The van der Waals surface area contributed by atoms with Gasteiger partial charge in [0.25, 0.3) is 0 Å². The summed E-state index contributed by atoms with van der Waals surface area (Å²) >= 11 is 0. The second-order valence-electron chi connectivity index (χ2n) is 11.1. The number of nitrogens with zero attached hydrogens (tertiary/aromatic N) is 4. The Balaban J connectivity index is 1.63. The fraction of sp³-hybridized carbons (Fsp3) is 0.0526. The molecule has 7 aromatic rings. The van der Waals surface area contributed by atoms with Gasteiger partial charge in [-0.3, -0.25) is 4.98 Å². The van der Waals surface area contributed by atoms with E-state index in [4.69, 9.17) is 5.26 Å². The summed E-state index contributed by atoms with van der Waals surface area (Å²) in [6.07, 6.45) is -0.253. The number of hydrogen-bond acceptors (Lipinski definition) is 2. The van der Waals surface area contributed by atoms with E-state index in [0.717, 1.165) is 24.3 Å². The van der Waals surface area contributed by atoms with E-state index in [1.807, 2.05) is 18.2 Å². The smallest absolute Gasteiger partial charge is 0.307 e. The summed E-state index contributed by atoms with van der Waals surface area (Å²) in [5.41, 5.74) is 1.52. The molecule has 0 N–H and O–H groups in total. The zero-order chi connectivity index (χ0) is 33.8. The Morgan fingerprint density at radius 2 is 1.10 bits per heavy atom. The first-order valence-electron chi connectivity index (χ1n) is 14.6. The normalized spacial score (nSPS) is 12.7. The summed E-state index contributed by atoms with van der Waals surface area (Å²) in [5, 5.41) is 11.5. The topological polar surface area (TPSA) is 46.5 Å². The van der Waals surface area contributed by atoms with Gasteiger partial charge in [0.1, 0.15) is 0 Å². The van der Waals surface area contributed by atoms with Crippen molar-refractivity contribution < 1.29 is 26.3 Å². The molecule has 0 aliphatic heterocycles. The van der Waals surface area contributed by atoms with Gasteiger partial charge in [0.2, 0.25) is 0 Å². The van der Waals surface area contributed by atoms with Gasteiger partial charge in [-0.2, -0.15) is 31.6 Å². The Morgan fingerprint density at radius 1 is 0.646 bits per heavy atom. The van der Waals surface area contributed by atoms with Gasteiger partial charge in [0, 0.05) is 33.2 Å². The number of allylic oxidation sites excluding steroid dienone is 5. The molecule has 0 atom stereocenters. The molecule has 0 saturated carbocycles. The molecule has 3 aromatic heterocycles. The van der Waals surface area contributed by atoms with E-state index < -0.39 is 23.5 Å². The quantitative estimate of drug-likeness (QED) is 0.106. The lowest BCUT2D eigenvalue weighted by Crippen LogP contribution is -2.08. The zero-order valence-electron chi connectivity index (χ0n) is 24.8. The van der Waals surface area contributed by atoms with Crippen LogP contribution in [0.4, 0.5) is 26.3 Å². The minimum absolute atomic E-state index is 0.258. The van der Waals surface area contributed by atoms with E-state index in [1.165, 1.54) is 36.7 Å². The molecule has 3 heterocycles. The maximum Gasteiger partial charge on any atom is 0.416 e. The van der Waals surface area contributed by atoms with Crippen molar-refractivity contribution >= 4 is 49.2 Å². The predicted octanol–water partition coefficient (Wildman–Crippen LogP) is 11.0. The Morgan fingerprint density at radius 3 is 1.56 bits per heavy atom. The number of halogens is 6. The van der Waals surface area contributed by atoms with Crippen LogP contribution >= 0.6 is 0 Å². The average molecular weight is 649 g/mol. The Hall–Kier alpha value is -6.08. The van der Waals surface area contributed by atoms with Crippen LogP contribution in [0.15, 0.2) is 128 Å². The summed E-state index contributed by atoms with van der Waals surface area (Å²) in [4.78, 5) is 4.51. The van der Waals surface area contributed by atoms with Crippen molar-refractivity contribution in [3.8, 4) is 17.4 Å². The van der Waals surface area contributed by atoms with Crippen molar-refractivity contribution in [1.29, 1.82) is 5.26 Å². The Bertz CT molecular complexity index is 2370. The number of nitriles is 1. The molecule has 0 bridgehead atoms. The third-order valence-electron chi connectivity index (χ3n) is 8.29. The number of pyridine rings is 1. The lowest BCUT2D eigenvalue weighted by atomic mass is 10.0. The molecule has 0 amide bonds. The van der Waals surface area contributed by atoms with Gasteiger partial charge in [-0.05, 0) is 42.0 Å². The highest BCUT2D eigenvalue weighted by atomic mass is 19.4. The van der Waals surface area contributed by atoms with Gasteiger partial charge >= 0.3 is 12.4 Å². The molecule has 0 unspecified atom stereocenters. The van der Waals surface area contributed by atoms with E-state index in [0.29, 0.717) is 55.1 Å². The molecule has 0 radical (unpaired) electrons. The zero-order valence-corrected chi connectivity index (χ0v) is 24.8. The first-order valence-corrected chi connectivity index (χ1v) is 14.6. The minimum atomic E-state index is -4.61. The highest BCUT2D eigenvalue weighted by molar-refractivity contribution is 6.11. The second-order valence-corrected chi connectivity index (χ2v) is 11.1. The van der Waals surface area contributed by atoms with Crippen molar-refractivity contribution in [2.75, 3.05) is 0 Å². The van der Waals surface area contributed by atoms with Crippen molar-refractivity contribution in [3.63, 3.8) is 0 Å². The van der Waals surface area contributed by atoms with Crippen LogP contribution in [0.5, 0.6) is 0 Å². The van der Waals surface area contributed by atoms with E-state index >= 15 is 0 Å². The Labute approximate surface area is 269 Å². The summed E-state index contributed by atoms with van der Waals surface area (Å²) in [7, 11) is 0. The van der Waals surface area contributed by atoms with Gasteiger partial charge in [-0.25, -0.2) is 0 Å². The van der Waals surface area contributed by atoms with E-state index in [9.17, 15) is 26.3 Å². The predicted molar refractivity (Wildman–Crippen MR) is 176 cm³/mol. The SMILES string of the molecule is C=C(/C=C\C=C/C#N)c1c(-n2c3ccccc3c3ccc(C(F)(F)F)cc32)cncc1-n1c2ccccc2c2ccc(C(F)(F)F)cc21. The van der Waals surface area contributed by atoms with E-state index in [2.05, 4.69) is 11.6 Å². The van der Waals surface area contributed by atoms with Crippen LogP contribution in [0.25, 0.3) is 60.6 Å². The first kappa shape index (κ1) is 30.6.